The van der Waals surface area contributed by atoms with E-state index in [1.807, 2.05) is 13.8 Å². The van der Waals surface area contributed by atoms with Crippen molar-refractivity contribution in [2.45, 2.75) is 58.4 Å². The minimum atomic E-state index is -0.285. The molecule has 0 aromatic carbocycles. The highest BCUT2D eigenvalue weighted by Gasteiger charge is 2.29. The lowest BCUT2D eigenvalue weighted by atomic mass is 9.82. The van der Waals surface area contributed by atoms with Gasteiger partial charge in [0.2, 0.25) is 0 Å². The summed E-state index contributed by atoms with van der Waals surface area (Å²) in [5.74, 6) is 0.488. The van der Waals surface area contributed by atoms with Crippen LogP contribution in [0.1, 0.15) is 52.4 Å². The molecule has 4 nitrogen and oxygen atoms in total. The zero-order valence-electron chi connectivity index (χ0n) is 10.9. The van der Waals surface area contributed by atoms with Gasteiger partial charge in [0.1, 0.15) is 0 Å². The number of hydrogen-bond acceptors (Lipinski definition) is 2. The highest BCUT2D eigenvalue weighted by Crippen LogP contribution is 2.27. The van der Waals surface area contributed by atoms with E-state index in [0.29, 0.717) is 18.9 Å². The Labute approximate surface area is 104 Å². The second-order valence-electron chi connectivity index (χ2n) is 4.70. The molecule has 2 N–H and O–H groups in total. The first-order chi connectivity index (χ1) is 8.19. The lowest BCUT2D eigenvalue weighted by Crippen LogP contribution is -2.50. The van der Waals surface area contributed by atoms with Crippen LogP contribution in [0.25, 0.3) is 0 Å². The van der Waals surface area contributed by atoms with Gasteiger partial charge in [-0.3, -0.25) is 4.79 Å². The first kappa shape index (κ1) is 14.0. The van der Waals surface area contributed by atoms with Crippen molar-refractivity contribution in [2.24, 2.45) is 5.92 Å². The molecule has 1 unspecified atom stereocenters. The minimum Gasteiger partial charge on any atom is -0.338 e. The molecule has 4 heteroatoms. The summed E-state index contributed by atoms with van der Waals surface area (Å²) in [6.07, 6.45) is 6.22. The third-order valence-electron chi connectivity index (χ3n) is 3.44. The van der Waals surface area contributed by atoms with E-state index in [1.165, 1.54) is 19.3 Å². The maximum Gasteiger partial charge on any atom is 0.315 e. The molecule has 0 aromatic rings. The Bertz CT molecular complexity index is 260. The van der Waals surface area contributed by atoms with Gasteiger partial charge in [-0.25, -0.2) is 4.79 Å². The molecule has 1 rings (SSSR count). The van der Waals surface area contributed by atoms with Crippen molar-refractivity contribution in [1.29, 1.82) is 0 Å². The van der Waals surface area contributed by atoms with E-state index >= 15 is 0 Å². The lowest BCUT2D eigenvalue weighted by Gasteiger charge is -2.29. The Balaban J connectivity index is 2.58. The number of nitrogens with one attached hydrogen (secondary N) is 2. The predicted molar refractivity (Wildman–Crippen MR) is 67.9 cm³/mol. The van der Waals surface area contributed by atoms with Crippen LogP contribution in [0.5, 0.6) is 0 Å². The molecule has 0 saturated heterocycles. The number of urea groups is 1. The van der Waals surface area contributed by atoms with Gasteiger partial charge in [-0.1, -0.05) is 26.2 Å². The number of Topliss-reactive ketones (excluding diaryl/α,β-unsaturated/α-hetero) is 1. The van der Waals surface area contributed by atoms with E-state index in [4.69, 9.17) is 0 Å². The van der Waals surface area contributed by atoms with E-state index < -0.39 is 0 Å². The number of rotatable bonds is 5. The van der Waals surface area contributed by atoms with E-state index in [2.05, 4.69) is 10.6 Å². The fourth-order valence-electron chi connectivity index (χ4n) is 2.50. The van der Waals surface area contributed by atoms with Crippen molar-refractivity contribution in [3.8, 4) is 0 Å². The van der Waals surface area contributed by atoms with E-state index in [0.717, 1.165) is 12.8 Å². The number of carbonyl (C=O) groups excluding carboxylic acids is 2. The molecule has 0 aliphatic heterocycles. The molecule has 17 heavy (non-hydrogen) atoms. The molecule has 1 saturated carbocycles. The highest BCUT2D eigenvalue weighted by atomic mass is 16.2. The van der Waals surface area contributed by atoms with Crippen LogP contribution in [0, 0.1) is 5.92 Å². The first-order valence-electron chi connectivity index (χ1n) is 6.76. The van der Waals surface area contributed by atoms with Gasteiger partial charge in [0, 0.05) is 13.0 Å². The van der Waals surface area contributed by atoms with Crippen LogP contribution in [0.4, 0.5) is 4.79 Å². The minimum absolute atomic E-state index is 0.156. The van der Waals surface area contributed by atoms with Crippen LogP contribution < -0.4 is 10.6 Å². The SMILES string of the molecule is CCNC(=O)NC(C(=O)CC)C1CCCCC1. The second kappa shape index (κ2) is 7.30. The van der Waals surface area contributed by atoms with E-state index in [9.17, 15) is 9.59 Å². The van der Waals surface area contributed by atoms with Crippen LogP contribution in [-0.2, 0) is 4.79 Å². The maximum atomic E-state index is 11.9. The van der Waals surface area contributed by atoms with Crippen molar-refractivity contribution in [3.63, 3.8) is 0 Å². The molecule has 2 amide bonds. The van der Waals surface area contributed by atoms with Crippen molar-refractivity contribution < 1.29 is 9.59 Å². The largest absolute Gasteiger partial charge is 0.338 e. The summed E-state index contributed by atoms with van der Waals surface area (Å²) in [6.45, 7) is 4.32. The normalized spacial score (nSPS) is 18.5. The summed E-state index contributed by atoms with van der Waals surface area (Å²) in [5, 5.41) is 5.53. The highest BCUT2D eigenvalue weighted by molar-refractivity contribution is 5.88. The lowest BCUT2D eigenvalue weighted by molar-refractivity contribution is -0.122. The van der Waals surface area contributed by atoms with Crippen LogP contribution >= 0.6 is 0 Å². The predicted octanol–water partition coefficient (Wildman–Crippen LogP) is 2.23. The fraction of sp³-hybridized carbons (Fsp3) is 0.846. The number of ketones is 1. The summed E-state index contributed by atoms with van der Waals surface area (Å²) >= 11 is 0. The molecule has 1 atom stereocenters. The monoisotopic (exact) mass is 240 g/mol. The van der Waals surface area contributed by atoms with Gasteiger partial charge in [-0.05, 0) is 25.7 Å². The first-order valence-corrected chi connectivity index (χ1v) is 6.76. The Hall–Kier alpha value is -1.06. The number of amides is 2. The van der Waals surface area contributed by atoms with Crippen molar-refractivity contribution in [3.05, 3.63) is 0 Å². The van der Waals surface area contributed by atoms with Crippen LogP contribution in [-0.4, -0.2) is 24.4 Å². The summed E-state index contributed by atoms with van der Waals surface area (Å²) < 4.78 is 0. The molecule has 1 aliphatic carbocycles. The van der Waals surface area contributed by atoms with Crippen LogP contribution in [0.15, 0.2) is 0 Å². The van der Waals surface area contributed by atoms with Crippen molar-refractivity contribution >= 4 is 11.8 Å². The standard InChI is InChI=1S/C13H24N2O2/c1-3-11(16)12(15-13(17)14-4-2)10-8-6-5-7-9-10/h10,12H,3-9H2,1-2H3,(H2,14,15,17). The third-order valence-corrected chi connectivity index (χ3v) is 3.44. The average molecular weight is 240 g/mol. The Kier molecular flexibility index (Phi) is 6.01. The zero-order valence-corrected chi connectivity index (χ0v) is 10.9. The van der Waals surface area contributed by atoms with Crippen LogP contribution in [0.2, 0.25) is 0 Å². The topological polar surface area (TPSA) is 58.2 Å². The Morgan fingerprint density at radius 2 is 1.82 bits per heavy atom. The number of hydrogen-bond donors (Lipinski definition) is 2. The fourth-order valence-corrected chi connectivity index (χ4v) is 2.50. The zero-order chi connectivity index (χ0) is 12.7. The Morgan fingerprint density at radius 1 is 1.18 bits per heavy atom. The van der Waals surface area contributed by atoms with Crippen molar-refractivity contribution in [2.75, 3.05) is 6.54 Å². The van der Waals surface area contributed by atoms with Gasteiger partial charge in [-0.2, -0.15) is 0 Å². The van der Waals surface area contributed by atoms with Gasteiger partial charge < -0.3 is 10.6 Å². The third kappa shape index (κ3) is 4.36. The van der Waals surface area contributed by atoms with Gasteiger partial charge in [0.05, 0.1) is 6.04 Å². The molecular weight excluding hydrogens is 216 g/mol. The molecule has 0 radical (unpaired) electrons. The summed E-state index contributed by atoms with van der Waals surface area (Å²) in [7, 11) is 0. The molecule has 0 spiro atoms. The molecular formula is C13H24N2O2. The average Bonchev–Trinajstić information content (AvgIpc) is 2.36. The summed E-state index contributed by atoms with van der Waals surface area (Å²) in [6, 6.07) is -0.503. The molecule has 0 bridgehead atoms. The van der Waals surface area contributed by atoms with Gasteiger partial charge >= 0.3 is 6.03 Å². The molecule has 98 valence electrons. The number of carbonyl (C=O) groups is 2. The Morgan fingerprint density at radius 3 is 2.35 bits per heavy atom. The van der Waals surface area contributed by atoms with Crippen molar-refractivity contribution in [1.82, 2.24) is 10.6 Å². The van der Waals surface area contributed by atoms with Gasteiger partial charge in [0.25, 0.3) is 0 Å². The molecule has 0 aromatic heterocycles. The molecule has 0 heterocycles. The van der Waals surface area contributed by atoms with E-state index in [1.54, 1.807) is 0 Å². The summed E-state index contributed by atoms with van der Waals surface area (Å²) in [5.41, 5.74) is 0. The maximum absolute atomic E-state index is 11.9. The van der Waals surface area contributed by atoms with E-state index in [-0.39, 0.29) is 17.9 Å². The van der Waals surface area contributed by atoms with Gasteiger partial charge in [-0.15, -0.1) is 0 Å². The van der Waals surface area contributed by atoms with Crippen LogP contribution in [0.3, 0.4) is 0 Å². The molecule has 1 fully saturated rings. The van der Waals surface area contributed by atoms with Gasteiger partial charge in [0.15, 0.2) is 5.78 Å². The second-order valence-corrected chi connectivity index (χ2v) is 4.70. The quantitative estimate of drug-likeness (QED) is 0.774. The molecule has 1 aliphatic rings. The summed E-state index contributed by atoms with van der Waals surface area (Å²) in [4.78, 5) is 23.5. The smallest absolute Gasteiger partial charge is 0.315 e.